The van der Waals surface area contributed by atoms with Gasteiger partial charge in [0.15, 0.2) is 17.2 Å². The zero-order valence-electron chi connectivity index (χ0n) is 20.8. The van der Waals surface area contributed by atoms with Crippen LogP contribution in [-0.4, -0.2) is 49.1 Å². The number of aliphatic hydroxyl groups is 2. The van der Waals surface area contributed by atoms with Crippen LogP contribution in [0.4, 0.5) is 4.39 Å². The Morgan fingerprint density at radius 2 is 1.66 bits per heavy atom. The molecule has 0 bridgehead atoms. The molecule has 3 N–H and O–H groups in total. The smallest absolute Gasteiger partial charge is 0.330 e. The number of hydrogen-bond acceptors (Lipinski definition) is 7. The van der Waals surface area contributed by atoms with Crippen molar-refractivity contribution >= 4 is 11.6 Å². The van der Waals surface area contributed by atoms with Crippen LogP contribution in [0.5, 0.6) is 0 Å². The zero-order chi connectivity index (χ0) is 26.0. The molecular formula is C25H39FN2O7. The van der Waals surface area contributed by atoms with E-state index in [4.69, 9.17) is 4.74 Å². The molecule has 198 valence electrons. The van der Waals surface area contributed by atoms with Crippen molar-refractivity contribution in [3.63, 3.8) is 0 Å². The highest BCUT2D eigenvalue weighted by atomic mass is 19.1. The summed E-state index contributed by atoms with van der Waals surface area (Å²) >= 11 is 0. The molecule has 0 aliphatic carbocycles. The molecule has 1 aliphatic rings. The Morgan fingerprint density at radius 1 is 1.09 bits per heavy atom. The van der Waals surface area contributed by atoms with Gasteiger partial charge in [0.2, 0.25) is 5.82 Å². The molecule has 2 rings (SSSR count). The lowest BCUT2D eigenvalue weighted by Crippen LogP contribution is -2.53. The van der Waals surface area contributed by atoms with Crippen LogP contribution >= 0.6 is 0 Å². The highest BCUT2D eigenvalue weighted by Crippen LogP contribution is 2.40. The maximum atomic E-state index is 13.9. The second-order valence-corrected chi connectivity index (χ2v) is 9.45. The molecule has 10 heteroatoms. The van der Waals surface area contributed by atoms with Gasteiger partial charge in [-0.25, -0.2) is 4.79 Å². The van der Waals surface area contributed by atoms with Gasteiger partial charge in [0.25, 0.3) is 5.56 Å². The fourth-order valence-corrected chi connectivity index (χ4v) is 4.48. The van der Waals surface area contributed by atoms with E-state index in [1.54, 1.807) is 4.98 Å². The standard InChI is InChI=1S/C25H39FN2O7/c1-3-5-7-9-11-13-18(29)21(31)22-25(34,19(30)14-12-10-8-6-4-2)15-20(35-22)28-16-17(26)23(32)27-24(28)33/h16,20-22,31,34H,3-15H2,1-2H3,(H,27,32,33)/t20-,21?,22-,25-/m1/s1. The van der Waals surface area contributed by atoms with Gasteiger partial charge in [0.05, 0.1) is 6.20 Å². The van der Waals surface area contributed by atoms with E-state index in [1.165, 1.54) is 0 Å². The number of nitrogens with zero attached hydrogens (tertiary/aromatic N) is 1. The molecule has 1 aromatic rings. The van der Waals surface area contributed by atoms with E-state index in [0.29, 0.717) is 19.0 Å². The van der Waals surface area contributed by atoms with Crippen LogP contribution in [0.25, 0.3) is 0 Å². The van der Waals surface area contributed by atoms with Gasteiger partial charge < -0.3 is 14.9 Å². The molecule has 1 aromatic heterocycles. The number of hydrogen-bond donors (Lipinski definition) is 3. The van der Waals surface area contributed by atoms with Gasteiger partial charge in [0.1, 0.15) is 18.4 Å². The zero-order valence-corrected chi connectivity index (χ0v) is 20.8. The summed E-state index contributed by atoms with van der Waals surface area (Å²) in [6.45, 7) is 4.14. The Morgan fingerprint density at radius 3 is 2.26 bits per heavy atom. The predicted octanol–water partition coefficient (Wildman–Crippen LogP) is 2.91. The quantitative estimate of drug-likeness (QED) is 0.298. The molecule has 9 nitrogen and oxygen atoms in total. The number of aromatic amines is 1. The van der Waals surface area contributed by atoms with Crippen LogP contribution in [0.3, 0.4) is 0 Å². The molecule has 0 spiro atoms. The fraction of sp³-hybridized carbons (Fsp3) is 0.760. The van der Waals surface area contributed by atoms with Crippen LogP contribution in [0.1, 0.15) is 104 Å². The molecule has 4 atom stereocenters. The molecule has 1 fully saturated rings. The van der Waals surface area contributed by atoms with Crippen molar-refractivity contribution in [3.05, 3.63) is 32.9 Å². The van der Waals surface area contributed by atoms with E-state index >= 15 is 0 Å². The second kappa shape index (κ2) is 13.8. The molecule has 2 heterocycles. The Kier molecular flexibility index (Phi) is 11.5. The van der Waals surface area contributed by atoms with Crippen LogP contribution in [0.2, 0.25) is 0 Å². The number of ketones is 2. The number of halogens is 1. The largest absolute Gasteiger partial charge is 0.382 e. The van der Waals surface area contributed by atoms with Gasteiger partial charge in [-0.05, 0) is 12.8 Å². The van der Waals surface area contributed by atoms with Crippen molar-refractivity contribution in [1.29, 1.82) is 0 Å². The van der Waals surface area contributed by atoms with Crippen molar-refractivity contribution in [2.45, 2.75) is 121 Å². The average molecular weight is 499 g/mol. The number of H-pyrrole nitrogens is 1. The van der Waals surface area contributed by atoms with Crippen molar-refractivity contribution in [1.82, 2.24) is 9.55 Å². The number of aromatic nitrogens is 2. The number of aliphatic hydroxyl groups excluding tert-OH is 1. The monoisotopic (exact) mass is 498 g/mol. The summed E-state index contributed by atoms with van der Waals surface area (Å²) in [5, 5.41) is 22.1. The lowest BCUT2D eigenvalue weighted by atomic mass is 9.83. The van der Waals surface area contributed by atoms with Crippen molar-refractivity contribution in [2.75, 3.05) is 0 Å². The molecule has 35 heavy (non-hydrogen) atoms. The van der Waals surface area contributed by atoms with Gasteiger partial charge in [-0.1, -0.05) is 65.2 Å². The molecule has 0 radical (unpaired) electrons. The maximum absolute atomic E-state index is 13.9. The normalized spacial score (nSPS) is 22.9. The third-order valence-corrected chi connectivity index (χ3v) is 6.63. The van der Waals surface area contributed by atoms with E-state index in [2.05, 4.69) is 13.8 Å². The molecule has 1 aliphatic heterocycles. The van der Waals surface area contributed by atoms with E-state index < -0.39 is 59.1 Å². The predicted molar refractivity (Wildman–Crippen MR) is 128 cm³/mol. The third-order valence-electron chi connectivity index (χ3n) is 6.63. The molecular weight excluding hydrogens is 459 g/mol. The van der Waals surface area contributed by atoms with Gasteiger partial charge in [-0.15, -0.1) is 0 Å². The first-order valence-electron chi connectivity index (χ1n) is 12.8. The lowest BCUT2D eigenvalue weighted by molar-refractivity contribution is -0.160. The number of rotatable bonds is 16. The summed E-state index contributed by atoms with van der Waals surface area (Å²) < 4.78 is 20.2. The first-order valence-corrected chi connectivity index (χ1v) is 12.8. The average Bonchev–Trinajstić information content (AvgIpc) is 3.18. The number of carbonyl (C=O) groups excluding carboxylic acids is 2. The van der Waals surface area contributed by atoms with Gasteiger partial charge in [-0.2, -0.15) is 4.39 Å². The minimum Gasteiger partial charge on any atom is -0.382 e. The molecule has 0 amide bonds. The Labute approximate surface area is 204 Å². The topological polar surface area (TPSA) is 139 Å². The van der Waals surface area contributed by atoms with Gasteiger partial charge >= 0.3 is 5.69 Å². The minimum absolute atomic E-state index is 0.0135. The fourth-order valence-electron chi connectivity index (χ4n) is 4.48. The summed E-state index contributed by atoms with van der Waals surface area (Å²) in [7, 11) is 0. The van der Waals surface area contributed by atoms with Gasteiger partial charge in [0, 0.05) is 19.3 Å². The lowest BCUT2D eigenvalue weighted by Gasteiger charge is -2.29. The van der Waals surface area contributed by atoms with Crippen LogP contribution in [0, 0.1) is 5.82 Å². The number of unbranched alkanes of at least 4 members (excludes halogenated alkanes) is 8. The summed E-state index contributed by atoms with van der Waals surface area (Å²) in [5.41, 5.74) is -4.44. The van der Waals surface area contributed by atoms with Crippen LogP contribution < -0.4 is 11.2 Å². The maximum Gasteiger partial charge on any atom is 0.330 e. The minimum atomic E-state index is -2.24. The molecule has 1 saturated heterocycles. The highest BCUT2D eigenvalue weighted by Gasteiger charge is 2.56. The SMILES string of the molecule is CCCCCCCC(=O)C(O)[C@H]1O[C@@H](n2cc(F)c(=O)[nH]c2=O)C[C@@]1(O)C(=O)CCCCCCC. The Hall–Kier alpha value is -2.17. The number of ether oxygens (including phenoxy) is 1. The highest BCUT2D eigenvalue weighted by molar-refractivity contribution is 5.91. The van der Waals surface area contributed by atoms with Gasteiger partial charge in [-0.3, -0.25) is 23.9 Å². The van der Waals surface area contributed by atoms with Crippen LogP contribution in [0.15, 0.2) is 15.8 Å². The molecule has 1 unspecified atom stereocenters. The number of Topliss-reactive ketones (excluding diaryl/α,β-unsaturated/α-hetero) is 2. The van der Waals surface area contributed by atoms with E-state index in [9.17, 15) is 33.8 Å². The van der Waals surface area contributed by atoms with Crippen molar-refractivity contribution < 1.29 is 28.9 Å². The first kappa shape index (κ1) is 29.1. The second-order valence-electron chi connectivity index (χ2n) is 9.45. The van der Waals surface area contributed by atoms with Crippen molar-refractivity contribution in [2.24, 2.45) is 0 Å². The number of nitrogens with one attached hydrogen (secondary N) is 1. The summed E-state index contributed by atoms with van der Waals surface area (Å²) in [4.78, 5) is 51.2. The summed E-state index contributed by atoms with van der Waals surface area (Å²) in [6, 6.07) is 0. The first-order chi connectivity index (χ1) is 16.7. The van der Waals surface area contributed by atoms with E-state index in [0.717, 1.165) is 55.9 Å². The molecule has 0 saturated carbocycles. The summed E-state index contributed by atoms with van der Waals surface area (Å²) in [6.07, 6.45) is 4.23. The van der Waals surface area contributed by atoms with Crippen LogP contribution in [-0.2, 0) is 14.3 Å². The Bertz CT molecular complexity index is 960. The Balaban J connectivity index is 2.21. The van der Waals surface area contributed by atoms with E-state index in [-0.39, 0.29) is 12.8 Å². The third kappa shape index (κ3) is 7.65. The number of carbonyl (C=O) groups is 2. The summed E-state index contributed by atoms with van der Waals surface area (Å²) in [5.74, 6) is -2.42. The van der Waals surface area contributed by atoms with E-state index in [1.807, 2.05) is 0 Å². The molecule has 0 aromatic carbocycles. The van der Waals surface area contributed by atoms with Crippen molar-refractivity contribution in [3.8, 4) is 0 Å².